The Kier molecular flexibility index (Phi) is 3.76. The van der Waals surface area contributed by atoms with Crippen molar-refractivity contribution in [2.75, 3.05) is 13.1 Å². The highest BCUT2D eigenvalue weighted by Crippen LogP contribution is 2.20. The number of hydrogen-bond donors (Lipinski definition) is 0. The molecule has 1 aromatic rings. The molecular formula is C12H17BrN2. The van der Waals surface area contributed by atoms with Crippen LogP contribution >= 0.6 is 15.9 Å². The molecule has 0 saturated carbocycles. The highest BCUT2D eigenvalue weighted by molar-refractivity contribution is 9.10. The Bertz CT molecular complexity index is 319. The summed E-state index contributed by atoms with van der Waals surface area (Å²) in [6.07, 6.45) is 4.52. The maximum atomic E-state index is 4.40. The smallest absolute Gasteiger partial charge is 0.0685 e. The summed E-state index contributed by atoms with van der Waals surface area (Å²) in [5.74, 6) is 0.897. The Morgan fingerprint density at radius 1 is 1.47 bits per heavy atom. The molecule has 82 valence electrons. The molecule has 0 amide bonds. The highest BCUT2D eigenvalue weighted by atomic mass is 79.9. The molecule has 15 heavy (non-hydrogen) atoms. The fraction of sp³-hybridized carbons (Fsp3) is 0.583. The molecule has 2 heterocycles. The van der Waals surface area contributed by atoms with Gasteiger partial charge in [0.05, 0.1) is 5.69 Å². The highest BCUT2D eigenvalue weighted by Gasteiger charge is 2.16. The first-order chi connectivity index (χ1) is 7.25. The van der Waals surface area contributed by atoms with Gasteiger partial charge in [-0.15, -0.1) is 0 Å². The van der Waals surface area contributed by atoms with E-state index < -0.39 is 0 Å². The molecule has 0 unspecified atom stereocenters. The molecule has 0 spiro atoms. The van der Waals surface area contributed by atoms with Crippen molar-refractivity contribution in [1.29, 1.82) is 0 Å². The monoisotopic (exact) mass is 268 g/mol. The van der Waals surface area contributed by atoms with Crippen molar-refractivity contribution in [3.63, 3.8) is 0 Å². The van der Waals surface area contributed by atoms with E-state index in [1.165, 1.54) is 25.9 Å². The van der Waals surface area contributed by atoms with E-state index >= 15 is 0 Å². The van der Waals surface area contributed by atoms with Gasteiger partial charge < -0.3 is 0 Å². The second-order valence-corrected chi connectivity index (χ2v) is 5.24. The van der Waals surface area contributed by atoms with E-state index in [1.807, 2.05) is 12.3 Å². The number of rotatable bonds is 2. The molecule has 1 saturated heterocycles. The molecule has 2 rings (SSSR count). The SMILES string of the molecule is CC1CCN(Cc2ncccc2Br)CC1. The van der Waals surface area contributed by atoms with Crippen LogP contribution in [0.2, 0.25) is 0 Å². The number of hydrogen-bond acceptors (Lipinski definition) is 2. The van der Waals surface area contributed by atoms with Gasteiger partial charge in [-0.1, -0.05) is 6.92 Å². The lowest BCUT2D eigenvalue weighted by Gasteiger charge is -2.29. The average molecular weight is 269 g/mol. The van der Waals surface area contributed by atoms with Crippen LogP contribution < -0.4 is 0 Å². The average Bonchev–Trinajstić information content (AvgIpc) is 2.25. The molecule has 1 aliphatic heterocycles. The van der Waals surface area contributed by atoms with Crippen molar-refractivity contribution in [2.24, 2.45) is 5.92 Å². The Morgan fingerprint density at radius 3 is 2.87 bits per heavy atom. The molecule has 0 N–H and O–H groups in total. The third kappa shape index (κ3) is 3.02. The van der Waals surface area contributed by atoms with E-state index in [4.69, 9.17) is 0 Å². The third-order valence-electron chi connectivity index (χ3n) is 3.08. The Morgan fingerprint density at radius 2 is 2.20 bits per heavy atom. The largest absolute Gasteiger partial charge is 0.297 e. The number of likely N-dealkylation sites (tertiary alicyclic amines) is 1. The molecule has 0 atom stereocenters. The minimum absolute atomic E-state index is 0.897. The van der Waals surface area contributed by atoms with E-state index in [-0.39, 0.29) is 0 Å². The summed E-state index contributed by atoms with van der Waals surface area (Å²) in [7, 11) is 0. The van der Waals surface area contributed by atoms with Gasteiger partial charge in [-0.3, -0.25) is 9.88 Å². The molecule has 0 aromatic carbocycles. The topological polar surface area (TPSA) is 16.1 Å². The quantitative estimate of drug-likeness (QED) is 0.820. The first-order valence-corrected chi connectivity index (χ1v) is 6.37. The lowest BCUT2D eigenvalue weighted by molar-refractivity contribution is 0.183. The van der Waals surface area contributed by atoms with Gasteiger partial charge in [0, 0.05) is 17.2 Å². The van der Waals surface area contributed by atoms with Gasteiger partial charge in [-0.05, 0) is 59.9 Å². The summed E-state index contributed by atoms with van der Waals surface area (Å²) in [5.41, 5.74) is 1.16. The molecule has 1 aliphatic rings. The Labute approximate surface area is 99.8 Å². The van der Waals surface area contributed by atoms with E-state index in [1.54, 1.807) is 0 Å². The minimum atomic E-state index is 0.897. The molecule has 1 aromatic heterocycles. The summed E-state index contributed by atoms with van der Waals surface area (Å²) >= 11 is 3.55. The predicted molar refractivity (Wildman–Crippen MR) is 65.6 cm³/mol. The molecule has 0 bridgehead atoms. The lowest BCUT2D eigenvalue weighted by Crippen LogP contribution is -2.32. The van der Waals surface area contributed by atoms with Crippen molar-refractivity contribution in [3.05, 3.63) is 28.5 Å². The van der Waals surface area contributed by atoms with Gasteiger partial charge in [0.1, 0.15) is 0 Å². The van der Waals surface area contributed by atoms with Gasteiger partial charge in [0.25, 0.3) is 0 Å². The van der Waals surface area contributed by atoms with E-state index in [0.717, 1.165) is 22.6 Å². The Hall–Kier alpha value is -0.410. The van der Waals surface area contributed by atoms with Gasteiger partial charge in [0.15, 0.2) is 0 Å². The summed E-state index contributed by atoms with van der Waals surface area (Å²) in [4.78, 5) is 6.90. The molecule has 2 nitrogen and oxygen atoms in total. The van der Waals surface area contributed by atoms with Crippen LogP contribution in [0.4, 0.5) is 0 Å². The summed E-state index contributed by atoms with van der Waals surface area (Å²) in [6.45, 7) is 5.75. The van der Waals surface area contributed by atoms with E-state index in [2.05, 4.69) is 38.8 Å². The van der Waals surface area contributed by atoms with Crippen molar-refractivity contribution >= 4 is 15.9 Å². The van der Waals surface area contributed by atoms with Crippen LogP contribution in [0.3, 0.4) is 0 Å². The summed E-state index contributed by atoms with van der Waals surface area (Å²) in [6, 6.07) is 4.03. The van der Waals surface area contributed by atoms with Crippen molar-refractivity contribution in [2.45, 2.75) is 26.3 Å². The van der Waals surface area contributed by atoms with Gasteiger partial charge in [-0.25, -0.2) is 0 Å². The zero-order valence-corrected chi connectivity index (χ0v) is 10.7. The van der Waals surface area contributed by atoms with Crippen LogP contribution in [-0.2, 0) is 6.54 Å². The van der Waals surface area contributed by atoms with Gasteiger partial charge in [-0.2, -0.15) is 0 Å². The van der Waals surface area contributed by atoms with Crippen molar-refractivity contribution < 1.29 is 0 Å². The number of pyridine rings is 1. The predicted octanol–water partition coefficient (Wildman–Crippen LogP) is 3.08. The van der Waals surface area contributed by atoms with Crippen LogP contribution in [0.1, 0.15) is 25.5 Å². The standard InChI is InChI=1S/C12H17BrN2/c1-10-4-7-15(8-5-10)9-12-11(13)3-2-6-14-12/h2-3,6,10H,4-5,7-9H2,1H3. The summed E-state index contributed by atoms with van der Waals surface area (Å²) < 4.78 is 1.13. The van der Waals surface area contributed by atoms with Gasteiger partial charge >= 0.3 is 0 Å². The fourth-order valence-corrected chi connectivity index (χ4v) is 2.35. The molecule has 0 aliphatic carbocycles. The minimum Gasteiger partial charge on any atom is -0.297 e. The molecule has 1 fully saturated rings. The number of nitrogens with zero attached hydrogens (tertiary/aromatic N) is 2. The lowest BCUT2D eigenvalue weighted by atomic mass is 9.99. The number of aromatic nitrogens is 1. The fourth-order valence-electron chi connectivity index (χ4n) is 1.97. The zero-order valence-electron chi connectivity index (χ0n) is 9.12. The summed E-state index contributed by atoms with van der Waals surface area (Å²) in [5, 5.41) is 0. The van der Waals surface area contributed by atoms with Gasteiger partial charge in [0.2, 0.25) is 0 Å². The zero-order chi connectivity index (χ0) is 10.7. The van der Waals surface area contributed by atoms with Crippen LogP contribution in [0.25, 0.3) is 0 Å². The molecule has 0 radical (unpaired) electrons. The first-order valence-electron chi connectivity index (χ1n) is 5.57. The Balaban J connectivity index is 1.95. The molecule has 3 heteroatoms. The van der Waals surface area contributed by atoms with E-state index in [0.29, 0.717) is 0 Å². The normalized spacial score (nSPS) is 19.3. The van der Waals surface area contributed by atoms with Crippen LogP contribution in [-0.4, -0.2) is 23.0 Å². The van der Waals surface area contributed by atoms with Crippen molar-refractivity contribution in [3.8, 4) is 0 Å². The first kappa shape index (κ1) is 11.1. The van der Waals surface area contributed by atoms with E-state index in [9.17, 15) is 0 Å². The van der Waals surface area contributed by atoms with Crippen molar-refractivity contribution in [1.82, 2.24) is 9.88 Å². The number of piperidine rings is 1. The number of halogens is 1. The van der Waals surface area contributed by atoms with Crippen LogP contribution in [0, 0.1) is 5.92 Å². The van der Waals surface area contributed by atoms with Crippen LogP contribution in [0.15, 0.2) is 22.8 Å². The third-order valence-corrected chi connectivity index (χ3v) is 3.81. The second-order valence-electron chi connectivity index (χ2n) is 4.39. The maximum absolute atomic E-state index is 4.40. The second kappa shape index (κ2) is 5.08. The van der Waals surface area contributed by atoms with Crippen LogP contribution in [0.5, 0.6) is 0 Å². The molecular weight excluding hydrogens is 252 g/mol. The maximum Gasteiger partial charge on any atom is 0.0685 e.